The number of hydrogen-bond acceptors (Lipinski definition) is 2. The molecule has 0 saturated heterocycles. The lowest BCUT2D eigenvalue weighted by Gasteiger charge is -2.22. The normalized spacial score (nSPS) is 28.5. The third-order valence-corrected chi connectivity index (χ3v) is 4.79. The highest BCUT2D eigenvalue weighted by Crippen LogP contribution is 2.47. The SMILES string of the molecule is N#Cc1ccc(F)cc1CNCC1CC2CCC1C2. The summed E-state index contributed by atoms with van der Waals surface area (Å²) in [6.45, 7) is 1.59. The number of fused-ring (bicyclic) bond motifs is 2. The largest absolute Gasteiger partial charge is 0.312 e. The van der Waals surface area contributed by atoms with Gasteiger partial charge in [-0.05, 0) is 67.3 Å². The molecule has 19 heavy (non-hydrogen) atoms. The van der Waals surface area contributed by atoms with Crippen LogP contribution in [0.15, 0.2) is 18.2 Å². The predicted octanol–water partition coefficient (Wildman–Crippen LogP) is 3.22. The maximum atomic E-state index is 13.2. The summed E-state index contributed by atoms with van der Waals surface area (Å²) in [4.78, 5) is 0. The summed E-state index contributed by atoms with van der Waals surface area (Å²) in [7, 11) is 0. The zero-order valence-corrected chi connectivity index (χ0v) is 11.0. The molecule has 2 fully saturated rings. The van der Waals surface area contributed by atoms with Gasteiger partial charge in [-0.1, -0.05) is 6.42 Å². The summed E-state index contributed by atoms with van der Waals surface area (Å²) in [5, 5.41) is 12.4. The van der Waals surface area contributed by atoms with Gasteiger partial charge in [0.1, 0.15) is 5.82 Å². The number of benzene rings is 1. The molecule has 3 unspecified atom stereocenters. The number of nitrogens with zero attached hydrogens (tertiary/aromatic N) is 1. The molecule has 3 atom stereocenters. The van der Waals surface area contributed by atoms with Crippen LogP contribution in [-0.2, 0) is 6.54 Å². The lowest BCUT2D eigenvalue weighted by Crippen LogP contribution is -2.26. The van der Waals surface area contributed by atoms with Gasteiger partial charge in [-0.15, -0.1) is 0 Å². The van der Waals surface area contributed by atoms with E-state index in [9.17, 15) is 4.39 Å². The second-order valence-corrected chi connectivity index (χ2v) is 5.98. The molecule has 3 heteroatoms. The van der Waals surface area contributed by atoms with Gasteiger partial charge in [-0.2, -0.15) is 5.26 Å². The van der Waals surface area contributed by atoms with Gasteiger partial charge in [0, 0.05) is 6.54 Å². The molecule has 3 rings (SSSR count). The van der Waals surface area contributed by atoms with Crippen LogP contribution in [0.4, 0.5) is 4.39 Å². The average Bonchev–Trinajstić information content (AvgIpc) is 3.01. The van der Waals surface area contributed by atoms with Gasteiger partial charge in [0.2, 0.25) is 0 Å². The van der Waals surface area contributed by atoms with E-state index in [1.807, 2.05) is 0 Å². The Balaban J connectivity index is 1.55. The highest BCUT2D eigenvalue weighted by Gasteiger charge is 2.38. The summed E-state index contributed by atoms with van der Waals surface area (Å²) in [5.41, 5.74) is 1.34. The molecule has 0 aliphatic heterocycles. The van der Waals surface area contributed by atoms with Crippen LogP contribution >= 0.6 is 0 Å². The van der Waals surface area contributed by atoms with Gasteiger partial charge in [0.25, 0.3) is 0 Å². The molecular formula is C16H19FN2. The van der Waals surface area contributed by atoms with Crippen molar-refractivity contribution in [2.45, 2.75) is 32.2 Å². The lowest BCUT2D eigenvalue weighted by atomic mass is 9.89. The number of hydrogen-bond donors (Lipinski definition) is 1. The second-order valence-electron chi connectivity index (χ2n) is 5.98. The third kappa shape index (κ3) is 2.64. The van der Waals surface area contributed by atoms with Crippen molar-refractivity contribution in [1.82, 2.24) is 5.32 Å². The van der Waals surface area contributed by atoms with E-state index in [1.54, 1.807) is 6.07 Å². The molecule has 0 spiro atoms. The molecule has 2 nitrogen and oxygen atoms in total. The van der Waals surface area contributed by atoms with E-state index >= 15 is 0 Å². The molecule has 1 aromatic carbocycles. The molecule has 1 aromatic rings. The fourth-order valence-corrected chi connectivity index (χ4v) is 3.84. The highest BCUT2D eigenvalue weighted by molar-refractivity contribution is 5.37. The maximum absolute atomic E-state index is 13.2. The van der Waals surface area contributed by atoms with Crippen LogP contribution in [0.25, 0.3) is 0 Å². The summed E-state index contributed by atoms with van der Waals surface area (Å²) in [5.74, 6) is 2.38. The Labute approximate surface area is 113 Å². The van der Waals surface area contributed by atoms with Gasteiger partial charge >= 0.3 is 0 Å². The van der Waals surface area contributed by atoms with E-state index in [0.29, 0.717) is 12.1 Å². The predicted molar refractivity (Wildman–Crippen MR) is 71.8 cm³/mol. The van der Waals surface area contributed by atoms with Crippen molar-refractivity contribution >= 4 is 0 Å². The van der Waals surface area contributed by atoms with Crippen LogP contribution < -0.4 is 5.32 Å². The Morgan fingerprint density at radius 1 is 1.32 bits per heavy atom. The molecule has 1 N–H and O–H groups in total. The van der Waals surface area contributed by atoms with Crippen LogP contribution in [0.2, 0.25) is 0 Å². The van der Waals surface area contributed by atoms with Crippen molar-refractivity contribution in [3.63, 3.8) is 0 Å². The molecule has 0 amide bonds. The van der Waals surface area contributed by atoms with Crippen LogP contribution in [0.3, 0.4) is 0 Å². The number of halogens is 1. The van der Waals surface area contributed by atoms with Crippen molar-refractivity contribution < 1.29 is 4.39 Å². The first-order valence-corrected chi connectivity index (χ1v) is 7.15. The standard InChI is InChI=1S/C16H19FN2/c17-16-4-3-13(8-18)15(7-16)10-19-9-14-6-11-1-2-12(14)5-11/h3-4,7,11-12,14,19H,1-2,5-6,9-10H2. The zero-order valence-electron chi connectivity index (χ0n) is 11.0. The summed E-state index contributed by atoms with van der Waals surface area (Å²) in [6.07, 6.45) is 5.58. The fraction of sp³-hybridized carbons (Fsp3) is 0.562. The lowest BCUT2D eigenvalue weighted by molar-refractivity contribution is 0.318. The highest BCUT2D eigenvalue weighted by atomic mass is 19.1. The molecule has 0 radical (unpaired) electrons. The Morgan fingerprint density at radius 2 is 2.21 bits per heavy atom. The van der Waals surface area contributed by atoms with Crippen molar-refractivity contribution in [2.75, 3.05) is 6.54 Å². The van der Waals surface area contributed by atoms with Crippen molar-refractivity contribution in [3.8, 4) is 6.07 Å². The van der Waals surface area contributed by atoms with E-state index in [-0.39, 0.29) is 5.82 Å². The van der Waals surface area contributed by atoms with E-state index in [0.717, 1.165) is 29.9 Å². The molecule has 2 bridgehead atoms. The first kappa shape index (κ1) is 12.6. The van der Waals surface area contributed by atoms with Crippen LogP contribution in [0.5, 0.6) is 0 Å². The smallest absolute Gasteiger partial charge is 0.123 e. The Morgan fingerprint density at radius 3 is 2.89 bits per heavy atom. The maximum Gasteiger partial charge on any atom is 0.123 e. The van der Waals surface area contributed by atoms with E-state index in [2.05, 4.69) is 11.4 Å². The van der Waals surface area contributed by atoms with E-state index in [4.69, 9.17) is 5.26 Å². The van der Waals surface area contributed by atoms with Gasteiger partial charge in [-0.3, -0.25) is 0 Å². The van der Waals surface area contributed by atoms with Gasteiger partial charge < -0.3 is 5.32 Å². The van der Waals surface area contributed by atoms with Gasteiger partial charge in [0.15, 0.2) is 0 Å². The Kier molecular flexibility index (Phi) is 3.52. The van der Waals surface area contributed by atoms with Crippen molar-refractivity contribution in [3.05, 3.63) is 35.1 Å². The minimum absolute atomic E-state index is 0.268. The fourth-order valence-electron chi connectivity index (χ4n) is 3.84. The minimum atomic E-state index is -0.268. The molecular weight excluding hydrogens is 239 g/mol. The van der Waals surface area contributed by atoms with Crippen molar-refractivity contribution in [1.29, 1.82) is 5.26 Å². The minimum Gasteiger partial charge on any atom is -0.312 e. The second kappa shape index (κ2) is 5.30. The van der Waals surface area contributed by atoms with Gasteiger partial charge in [0.05, 0.1) is 11.6 Å². The number of nitriles is 1. The Bertz CT molecular complexity index is 506. The van der Waals surface area contributed by atoms with Crippen LogP contribution in [0, 0.1) is 34.9 Å². The van der Waals surface area contributed by atoms with E-state index < -0.39 is 0 Å². The monoisotopic (exact) mass is 258 g/mol. The molecule has 0 heterocycles. The first-order valence-electron chi connectivity index (χ1n) is 7.15. The summed E-state index contributed by atoms with van der Waals surface area (Å²) in [6, 6.07) is 6.49. The third-order valence-electron chi connectivity index (χ3n) is 4.79. The van der Waals surface area contributed by atoms with Gasteiger partial charge in [-0.25, -0.2) is 4.39 Å². The Hall–Kier alpha value is -1.40. The number of rotatable bonds is 4. The molecule has 0 aromatic heterocycles. The average molecular weight is 258 g/mol. The first-order chi connectivity index (χ1) is 9.26. The topological polar surface area (TPSA) is 35.8 Å². The molecule has 2 saturated carbocycles. The summed E-state index contributed by atoms with van der Waals surface area (Å²) < 4.78 is 13.2. The van der Waals surface area contributed by atoms with Crippen molar-refractivity contribution in [2.24, 2.45) is 17.8 Å². The zero-order chi connectivity index (χ0) is 13.2. The van der Waals surface area contributed by atoms with Crippen LogP contribution in [0.1, 0.15) is 36.8 Å². The van der Waals surface area contributed by atoms with E-state index in [1.165, 1.54) is 37.8 Å². The molecule has 100 valence electrons. The number of nitrogens with one attached hydrogen (secondary N) is 1. The molecule has 2 aliphatic rings. The molecule has 2 aliphatic carbocycles. The summed E-state index contributed by atoms with van der Waals surface area (Å²) >= 11 is 0. The van der Waals surface area contributed by atoms with Crippen LogP contribution in [-0.4, -0.2) is 6.54 Å². The quantitative estimate of drug-likeness (QED) is 0.900.